The monoisotopic (exact) mass is 308 g/mol. The summed E-state index contributed by atoms with van der Waals surface area (Å²) in [5.41, 5.74) is 3.08. The molecular weight excluding hydrogens is 299 g/mol. The van der Waals surface area contributed by atoms with Gasteiger partial charge in [0.25, 0.3) is 0 Å². The molecule has 0 spiro atoms. The number of hydrogen-bond donors (Lipinski definition) is 0. The Bertz CT molecular complexity index is 772. The summed E-state index contributed by atoms with van der Waals surface area (Å²) in [6, 6.07) is 7.96. The predicted molar refractivity (Wildman–Crippen MR) is 82.3 cm³/mol. The number of aromatic nitrogens is 2. The van der Waals surface area contributed by atoms with Gasteiger partial charge < -0.3 is 0 Å². The van der Waals surface area contributed by atoms with E-state index in [0.29, 0.717) is 5.15 Å². The standard InChI is InChI=1S/C14H10Cl2N2S/c1-7-3-4-8(2)12-11(7)13(17-18-14(12)16)9-5-6-10(15)19-9/h3-6H,1-2H3. The average Bonchev–Trinajstić information content (AvgIpc) is 2.80. The minimum atomic E-state index is 0.447. The van der Waals surface area contributed by atoms with Crippen LogP contribution in [-0.4, -0.2) is 10.2 Å². The number of hydrogen-bond acceptors (Lipinski definition) is 3. The van der Waals surface area contributed by atoms with Crippen molar-refractivity contribution in [3.8, 4) is 10.6 Å². The van der Waals surface area contributed by atoms with Gasteiger partial charge in [-0.05, 0) is 37.1 Å². The van der Waals surface area contributed by atoms with Crippen LogP contribution in [0.5, 0.6) is 0 Å². The van der Waals surface area contributed by atoms with Gasteiger partial charge in [0.1, 0.15) is 5.69 Å². The van der Waals surface area contributed by atoms with Gasteiger partial charge in [0.05, 0.1) is 9.21 Å². The van der Waals surface area contributed by atoms with Crippen LogP contribution in [0, 0.1) is 13.8 Å². The summed E-state index contributed by atoms with van der Waals surface area (Å²) in [6.07, 6.45) is 0. The van der Waals surface area contributed by atoms with Gasteiger partial charge in [-0.1, -0.05) is 35.3 Å². The van der Waals surface area contributed by atoms with Gasteiger partial charge in [-0.15, -0.1) is 21.5 Å². The molecule has 0 amide bonds. The molecule has 0 saturated carbocycles. The van der Waals surface area contributed by atoms with Crippen LogP contribution >= 0.6 is 34.5 Å². The van der Waals surface area contributed by atoms with Crippen LogP contribution in [0.15, 0.2) is 24.3 Å². The van der Waals surface area contributed by atoms with Crippen molar-refractivity contribution in [1.29, 1.82) is 0 Å². The number of aryl methyl sites for hydroxylation is 2. The lowest BCUT2D eigenvalue weighted by molar-refractivity contribution is 1.06. The van der Waals surface area contributed by atoms with Gasteiger partial charge in [-0.2, -0.15) is 0 Å². The van der Waals surface area contributed by atoms with Crippen molar-refractivity contribution in [3.63, 3.8) is 0 Å². The van der Waals surface area contributed by atoms with E-state index < -0.39 is 0 Å². The molecule has 0 unspecified atom stereocenters. The molecule has 0 aliphatic carbocycles. The Morgan fingerprint density at radius 1 is 0.895 bits per heavy atom. The maximum Gasteiger partial charge on any atom is 0.159 e. The zero-order valence-electron chi connectivity index (χ0n) is 10.4. The molecule has 2 heterocycles. The quantitative estimate of drug-likeness (QED) is 0.611. The third-order valence-corrected chi connectivity index (χ3v) is 4.61. The molecule has 2 nitrogen and oxygen atoms in total. The van der Waals surface area contributed by atoms with Crippen molar-refractivity contribution >= 4 is 45.3 Å². The molecule has 0 aliphatic heterocycles. The molecule has 2 aromatic heterocycles. The fourth-order valence-electron chi connectivity index (χ4n) is 2.19. The molecule has 3 rings (SSSR count). The second-order valence-electron chi connectivity index (χ2n) is 4.39. The molecule has 96 valence electrons. The van der Waals surface area contributed by atoms with Crippen LogP contribution in [0.2, 0.25) is 9.49 Å². The number of benzene rings is 1. The SMILES string of the molecule is Cc1ccc(C)c2c(-c3ccc(Cl)s3)nnc(Cl)c12. The topological polar surface area (TPSA) is 25.8 Å². The molecule has 5 heteroatoms. The van der Waals surface area contributed by atoms with Crippen molar-refractivity contribution in [2.45, 2.75) is 13.8 Å². The lowest BCUT2D eigenvalue weighted by Gasteiger charge is -2.09. The van der Waals surface area contributed by atoms with Crippen LogP contribution < -0.4 is 0 Å². The Morgan fingerprint density at radius 2 is 1.58 bits per heavy atom. The summed E-state index contributed by atoms with van der Waals surface area (Å²) >= 11 is 13.7. The highest BCUT2D eigenvalue weighted by atomic mass is 35.5. The molecule has 0 radical (unpaired) electrons. The van der Waals surface area contributed by atoms with Crippen molar-refractivity contribution < 1.29 is 0 Å². The minimum absolute atomic E-state index is 0.447. The van der Waals surface area contributed by atoms with Gasteiger partial charge in [-0.3, -0.25) is 0 Å². The first-order chi connectivity index (χ1) is 9.08. The van der Waals surface area contributed by atoms with E-state index in [1.165, 1.54) is 11.3 Å². The molecular formula is C14H10Cl2N2S. The van der Waals surface area contributed by atoms with E-state index >= 15 is 0 Å². The Labute approximate surface area is 125 Å². The molecule has 0 atom stereocenters. The van der Waals surface area contributed by atoms with E-state index in [9.17, 15) is 0 Å². The lowest BCUT2D eigenvalue weighted by Crippen LogP contribution is -1.94. The van der Waals surface area contributed by atoms with E-state index in [2.05, 4.69) is 29.3 Å². The lowest BCUT2D eigenvalue weighted by atomic mass is 10.0. The third-order valence-electron chi connectivity index (χ3n) is 3.11. The number of fused-ring (bicyclic) bond motifs is 1. The zero-order valence-corrected chi connectivity index (χ0v) is 12.7. The van der Waals surface area contributed by atoms with E-state index in [0.717, 1.165) is 36.8 Å². The second kappa shape index (κ2) is 4.75. The average molecular weight is 309 g/mol. The first kappa shape index (κ1) is 12.9. The summed E-state index contributed by atoms with van der Waals surface area (Å²) in [5.74, 6) is 0. The van der Waals surface area contributed by atoms with Crippen molar-refractivity contribution in [2.75, 3.05) is 0 Å². The molecule has 0 saturated heterocycles. The Balaban J connectivity index is 2.44. The molecule has 1 aromatic carbocycles. The Kier molecular flexibility index (Phi) is 3.21. The van der Waals surface area contributed by atoms with Gasteiger partial charge >= 0.3 is 0 Å². The maximum absolute atomic E-state index is 6.20. The largest absolute Gasteiger partial charge is 0.159 e. The van der Waals surface area contributed by atoms with Crippen molar-refractivity contribution in [2.24, 2.45) is 0 Å². The zero-order chi connectivity index (χ0) is 13.6. The Morgan fingerprint density at radius 3 is 2.21 bits per heavy atom. The first-order valence-corrected chi connectivity index (χ1v) is 7.33. The maximum atomic E-state index is 6.20. The van der Waals surface area contributed by atoms with Crippen LogP contribution in [0.1, 0.15) is 11.1 Å². The number of nitrogens with zero attached hydrogens (tertiary/aromatic N) is 2. The smallest absolute Gasteiger partial charge is 0.147 e. The second-order valence-corrected chi connectivity index (χ2v) is 6.47. The Hall–Kier alpha value is -1.16. The van der Waals surface area contributed by atoms with Crippen LogP contribution in [0.25, 0.3) is 21.3 Å². The van der Waals surface area contributed by atoms with E-state index in [4.69, 9.17) is 23.2 Å². The number of rotatable bonds is 1. The van der Waals surface area contributed by atoms with E-state index in [1.807, 2.05) is 19.1 Å². The predicted octanol–water partition coefficient (Wildman–Crippen LogP) is 5.28. The van der Waals surface area contributed by atoms with Gasteiger partial charge in [-0.25, -0.2) is 0 Å². The van der Waals surface area contributed by atoms with Crippen molar-refractivity contribution in [1.82, 2.24) is 10.2 Å². The molecule has 0 bridgehead atoms. The molecule has 0 fully saturated rings. The van der Waals surface area contributed by atoms with Crippen LogP contribution in [0.4, 0.5) is 0 Å². The van der Waals surface area contributed by atoms with Crippen LogP contribution in [0.3, 0.4) is 0 Å². The normalized spacial score (nSPS) is 11.2. The molecule has 0 N–H and O–H groups in total. The summed E-state index contributed by atoms with van der Waals surface area (Å²) in [5, 5.41) is 10.8. The fourth-order valence-corrected chi connectivity index (χ4v) is 3.51. The highest BCUT2D eigenvalue weighted by Crippen LogP contribution is 2.37. The summed E-state index contributed by atoms with van der Waals surface area (Å²) in [4.78, 5) is 1.01. The fraction of sp³-hybridized carbons (Fsp3) is 0.143. The van der Waals surface area contributed by atoms with Gasteiger partial charge in [0.15, 0.2) is 5.15 Å². The summed E-state index contributed by atoms with van der Waals surface area (Å²) in [7, 11) is 0. The number of halogens is 2. The highest BCUT2D eigenvalue weighted by Gasteiger charge is 2.15. The van der Waals surface area contributed by atoms with Crippen molar-refractivity contribution in [3.05, 3.63) is 44.9 Å². The molecule has 19 heavy (non-hydrogen) atoms. The van der Waals surface area contributed by atoms with Gasteiger partial charge in [0, 0.05) is 10.8 Å². The van der Waals surface area contributed by atoms with Crippen LogP contribution in [-0.2, 0) is 0 Å². The molecule has 3 aromatic rings. The molecule has 0 aliphatic rings. The van der Waals surface area contributed by atoms with E-state index in [-0.39, 0.29) is 0 Å². The summed E-state index contributed by atoms with van der Waals surface area (Å²) < 4.78 is 0.741. The minimum Gasteiger partial charge on any atom is -0.147 e. The highest BCUT2D eigenvalue weighted by molar-refractivity contribution is 7.19. The summed E-state index contributed by atoms with van der Waals surface area (Å²) in [6.45, 7) is 4.08. The first-order valence-electron chi connectivity index (χ1n) is 5.75. The number of thiophene rings is 1. The van der Waals surface area contributed by atoms with Gasteiger partial charge in [0.2, 0.25) is 0 Å². The third kappa shape index (κ3) is 2.12. The van der Waals surface area contributed by atoms with E-state index in [1.54, 1.807) is 0 Å².